The first-order chi connectivity index (χ1) is 4.42. The molecule has 2 atom stereocenters. The summed E-state index contributed by atoms with van der Waals surface area (Å²) in [5.74, 6) is 1.66. The van der Waals surface area contributed by atoms with Gasteiger partial charge in [-0.3, -0.25) is 0 Å². The Bertz CT molecular complexity index is 106. The lowest BCUT2D eigenvalue weighted by Gasteiger charge is -2.48. The molecule has 0 aromatic rings. The molecule has 2 nitrogen and oxygen atoms in total. The van der Waals surface area contributed by atoms with Gasteiger partial charge in [-0.25, -0.2) is 0 Å². The van der Waals surface area contributed by atoms with Crippen molar-refractivity contribution in [2.45, 2.75) is 12.5 Å². The summed E-state index contributed by atoms with van der Waals surface area (Å²) in [6.07, 6.45) is 1.98. The zero-order valence-corrected chi connectivity index (χ0v) is 6.99. The standard InChI is InChI=1S/C7H13NO.ClH/c1-9-7-5-2-6(7)4-8-3-5;/h5-8H,2-4H2,1H3;1H. The van der Waals surface area contributed by atoms with Crippen molar-refractivity contribution in [3.8, 4) is 0 Å². The molecule has 0 spiro atoms. The van der Waals surface area contributed by atoms with Gasteiger partial charge in [0.1, 0.15) is 0 Å². The second-order valence-electron chi connectivity index (χ2n) is 3.11. The maximum atomic E-state index is 5.31. The van der Waals surface area contributed by atoms with Crippen LogP contribution >= 0.6 is 12.4 Å². The van der Waals surface area contributed by atoms with Crippen molar-refractivity contribution in [1.29, 1.82) is 0 Å². The molecule has 2 unspecified atom stereocenters. The minimum absolute atomic E-state index is 0. The molecule has 2 aliphatic heterocycles. The highest BCUT2D eigenvalue weighted by molar-refractivity contribution is 5.85. The van der Waals surface area contributed by atoms with Gasteiger partial charge >= 0.3 is 0 Å². The number of halogens is 1. The van der Waals surface area contributed by atoms with Gasteiger partial charge in [0.25, 0.3) is 0 Å². The fraction of sp³-hybridized carbons (Fsp3) is 1.00. The molecule has 3 heteroatoms. The van der Waals surface area contributed by atoms with Crippen LogP contribution in [0.15, 0.2) is 0 Å². The van der Waals surface area contributed by atoms with E-state index in [1.54, 1.807) is 0 Å². The van der Waals surface area contributed by atoms with Crippen LogP contribution in [0.3, 0.4) is 0 Å². The van der Waals surface area contributed by atoms with Crippen LogP contribution in [0, 0.1) is 11.8 Å². The normalized spacial score (nSPS) is 43.5. The zero-order chi connectivity index (χ0) is 6.27. The Hall–Kier alpha value is 0.210. The SMILES string of the molecule is COC1C2CNCC1C2.Cl. The Labute approximate surface area is 67.7 Å². The van der Waals surface area contributed by atoms with E-state index in [0.717, 1.165) is 11.8 Å². The first-order valence-electron chi connectivity index (χ1n) is 3.65. The summed E-state index contributed by atoms with van der Waals surface area (Å²) >= 11 is 0. The third-order valence-electron chi connectivity index (χ3n) is 2.62. The number of piperidine rings is 2. The highest BCUT2D eigenvalue weighted by atomic mass is 35.5. The number of hydrogen-bond acceptors (Lipinski definition) is 2. The van der Waals surface area contributed by atoms with E-state index in [9.17, 15) is 0 Å². The molecule has 0 radical (unpaired) electrons. The van der Waals surface area contributed by atoms with Crippen LogP contribution in [0.4, 0.5) is 0 Å². The third kappa shape index (κ3) is 1.04. The predicted octanol–water partition coefficient (Wildman–Crippen LogP) is 0.662. The summed E-state index contributed by atoms with van der Waals surface area (Å²) < 4.78 is 5.31. The van der Waals surface area contributed by atoms with Crippen molar-refractivity contribution >= 4 is 12.4 Å². The first-order valence-corrected chi connectivity index (χ1v) is 3.65. The quantitative estimate of drug-likeness (QED) is 0.614. The van der Waals surface area contributed by atoms with Crippen molar-refractivity contribution in [2.75, 3.05) is 20.2 Å². The summed E-state index contributed by atoms with van der Waals surface area (Å²) in [6, 6.07) is 0. The fourth-order valence-corrected chi connectivity index (χ4v) is 2.08. The number of nitrogens with one attached hydrogen (secondary N) is 1. The van der Waals surface area contributed by atoms with Gasteiger partial charge in [-0.05, 0) is 18.3 Å². The number of rotatable bonds is 1. The van der Waals surface area contributed by atoms with Crippen LogP contribution in [0.1, 0.15) is 6.42 Å². The van der Waals surface area contributed by atoms with E-state index in [4.69, 9.17) is 4.74 Å². The summed E-state index contributed by atoms with van der Waals surface area (Å²) in [4.78, 5) is 0. The van der Waals surface area contributed by atoms with Crippen LogP contribution in [0.25, 0.3) is 0 Å². The summed E-state index contributed by atoms with van der Waals surface area (Å²) in [6.45, 7) is 2.35. The minimum atomic E-state index is 0. The molecular weight excluding hydrogens is 150 g/mol. The molecule has 2 bridgehead atoms. The molecule has 10 heavy (non-hydrogen) atoms. The van der Waals surface area contributed by atoms with Gasteiger partial charge in [0.15, 0.2) is 0 Å². The molecule has 3 rings (SSSR count). The molecule has 1 aliphatic carbocycles. The van der Waals surface area contributed by atoms with Gasteiger partial charge in [-0.15, -0.1) is 12.4 Å². The molecule has 1 saturated carbocycles. The average Bonchev–Trinajstić information content (AvgIpc) is 1.90. The molecule has 0 aromatic heterocycles. The van der Waals surface area contributed by atoms with Crippen LogP contribution in [-0.4, -0.2) is 26.3 Å². The largest absolute Gasteiger partial charge is 0.381 e. The van der Waals surface area contributed by atoms with Crippen molar-refractivity contribution in [1.82, 2.24) is 5.32 Å². The number of fused-ring (bicyclic) bond motifs is 2. The Balaban J connectivity index is 0.000000500. The van der Waals surface area contributed by atoms with E-state index in [1.165, 1.54) is 19.5 Å². The second kappa shape index (κ2) is 3.07. The van der Waals surface area contributed by atoms with E-state index in [0.29, 0.717) is 6.10 Å². The topological polar surface area (TPSA) is 21.3 Å². The molecule has 1 N–H and O–H groups in total. The van der Waals surface area contributed by atoms with Crippen molar-refractivity contribution in [3.63, 3.8) is 0 Å². The van der Waals surface area contributed by atoms with Crippen molar-refractivity contribution in [2.24, 2.45) is 11.8 Å². The van der Waals surface area contributed by atoms with Gasteiger partial charge in [0.2, 0.25) is 0 Å². The van der Waals surface area contributed by atoms with E-state index >= 15 is 0 Å². The molecular formula is C7H14ClNO. The van der Waals surface area contributed by atoms with E-state index in [-0.39, 0.29) is 12.4 Å². The Kier molecular flexibility index (Phi) is 2.55. The number of hydrogen-bond donors (Lipinski definition) is 1. The van der Waals surface area contributed by atoms with Gasteiger partial charge < -0.3 is 10.1 Å². The first kappa shape index (κ1) is 8.31. The van der Waals surface area contributed by atoms with Gasteiger partial charge in [0, 0.05) is 20.2 Å². The molecule has 3 aliphatic rings. The smallest absolute Gasteiger partial charge is 0.0652 e. The second-order valence-corrected chi connectivity index (χ2v) is 3.11. The molecule has 60 valence electrons. The minimum Gasteiger partial charge on any atom is -0.381 e. The number of methoxy groups -OCH3 is 1. The predicted molar refractivity (Wildman–Crippen MR) is 42.5 cm³/mol. The van der Waals surface area contributed by atoms with Gasteiger partial charge in [-0.1, -0.05) is 0 Å². The Morgan fingerprint density at radius 1 is 1.30 bits per heavy atom. The monoisotopic (exact) mass is 163 g/mol. The molecule has 2 saturated heterocycles. The van der Waals surface area contributed by atoms with Gasteiger partial charge in [-0.2, -0.15) is 0 Å². The lowest BCUT2D eigenvalue weighted by molar-refractivity contribution is -0.0898. The van der Waals surface area contributed by atoms with Gasteiger partial charge in [0.05, 0.1) is 6.10 Å². The molecule has 2 heterocycles. The van der Waals surface area contributed by atoms with Crippen molar-refractivity contribution < 1.29 is 4.74 Å². The van der Waals surface area contributed by atoms with Crippen LogP contribution in [0.2, 0.25) is 0 Å². The van der Waals surface area contributed by atoms with Crippen LogP contribution in [-0.2, 0) is 4.74 Å². The summed E-state index contributed by atoms with van der Waals surface area (Å²) in [5.41, 5.74) is 0. The number of ether oxygens (including phenoxy) is 1. The lowest BCUT2D eigenvalue weighted by Crippen LogP contribution is -2.57. The Morgan fingerprint density at radius 3 is 2.20 bits per heavy atom. The van der Waals surface area contributed by atoms with E-state index in [1.807, 2.05) is 7.11 Å². The highest BCUT2D eigenvalue weighted by Crippen LogP contribution is 2.38. The summed E-state index contributed by atoms with van der Waals surface area (Å²) in [7, 11) is 1.83. The van der Waals surface area contributed by atoms with Crippen LogP contribution in [0.5, 0.6) is 0 Å². The van der Waals surface area contributed by atoms with Crippen molar-refractivity contribution in [3.05, 3.63) is 0 Å². The van der Waals surface area contributed by atoms with Crippen LogP contribution < -0.4 is 5.32 Å². The zero-order valence-electron chi connectivity index (χ0n) is 6.17. The fourth-order valence-electron chi connectivity index (χ4n) is 2.08. The summed E-state index contributed by atoms with van der Waals surface area (Å²) in [5, 5.41) is 3.37. The maximum absolute atomic E-state index is 5.31. The highest BCUT2D eigenvalue weighted by Gasteiger charge is 2.43. The average molecular weight is 164 g/mol. The molecule has 3 fully saturated rings. The maximum Gasteiger partial charge on any atom is 0.0652 e. The molecule has 0 aromatic carbocycles. The Morgan fingerprint density at radius 2 is 1.90 bits per heavy atom. The third-order valence-corrected chi connectivity index (χ3v) is 2.62. The van der Waals surface area contributed by atoms with E-state index < -0.39 is 0 Å². The van der Waals surface area contributed by atoms with E-state index in [2.05, 4.69) is 5.32 Å². The molecule has 0 amide bonds. The lowest BCUT2D eigenvalue weighted by atomic mass is 9.69.